The Hall–Kier alpha value is -2.44. The number of aromatic nitrogens is 1. The van der Waals surface area contributed by atoms with Crippen LogP contribution >= 0.6 is 11.6 Å². The van der Waals surface area contributed by atoms with Crippen LogP contribution in [0.15, 0.2) is 30.6 Å². The molecule has 0 aliphatic heterocycles. The first kappa shape index (κ1) is 19.9. The SMILES string of the molecule is Cc1cc(C)c(NC(=O)c2cncc(C(=O)NCCN(C)C)c2)c(Cl)c1. The third-order valence-electron chi connectivity index (χ3n) is 3.78. The minimum atomic E-state index is -0.366. The minimum Gasteiger partial charge on any atom is -0.351 e. The highest BCUT2D eigenvalue weighted by Gasteiger charge is 2.14. The van der Waals surface area contributed by atoms with E-state index in [4.69, 9.17) is 11.6 Å². The molecule has 0 fully saturated rings. The highest BCUT2D eigenvalue weighted by molar-refractivity contribution is 6.34. The predicted octanol–water partition coefficient (Wildman–Crippen LogP) is 2.90. The zero-order valence-electron chi connectivity index (χ0n) is 15.4. The van der Waals surface area contributed by atoms with Gasteiger partial charge in [0.1, 0.15) is 0 Å². The summed E-state index contributed by atoms with van der Waals surface area (Å²) in [5.41, 5.74) is 3.07. The first-order chi connectivity index (χ1) is 12.3. The summed E-state index contributed by atoms with van der Waals surface area (Å²) in [7, 11) is 3.85. The largest absolute Gasteiger partial charge is 0.351 e. The van der Waals surface area contributed by atoms with Crippen molar-refractivity contribution in [2.45, 2.75) is 13.8 Å². The number of carbonyl (C=O) groups is 2. The van der Waals surface area contributed by atoms with E-state index in [1.54, 1.807) is 6.07 Å². The second kappa shape index (κ2) is 8.78. The number of aryl methyl sites for hydroxylation is 2. The summed E-state index contributed by atoms with van der Waals surface area (Å²) in [6.45, 7) is 5.05. The zero-order chi connectivity index (χ0) is 19.3. The predicted molar refractivity (Wildman–Crippen MR) is 104 cm³/mol. The second-order valence-electron chi connectivity index (χ2n) is 6.41. The van der Waals surface area contributed by atoms with Crippen LogP contribution in [0.4, 0.5) is 5.69 Å². The molecule has 0 bridgehead atoms. The molecule has 26 heavy (non-hydrogen) atoms. The molecule has 0 spiro atoms. The Morgan fingerprint density at radius 2 is 1.73 bits per heavy atom. The number of carbonyl (C=O) groups excluding carboxylic acids is 2. The molecule has 1 aromatic carbocycles. The van der Waals surface area contributed by atoms with Crippen molar-refractivity contribution in [2.24, 2.45) is 0 Å². The molecule has 0 atom stereocenters. The van der Waals surface area contributed by atoms with Crippen molar-refractivity contribution in [3.63, 3.8) is 0 Å². The molecule has 2 aromatic rings. The average molecular weight is 375 g/mol. The maximum atomic E-state index is 12.5. The van der Waals surface area contributed by atoms with Crippen molar-refractivity contribution in [1.29, 1.82) is 0 Å². The Bertz CT molecular complexity index is 798. The number of hydrogen-bond acceptors (Lipinski definition) is 4. The molecular formula is C19H23ClN4O2. The minimum absolute atomic E-state index is 0.265. The summed E-state index contributed by atoms with van der Waals surface area (Å²) in [6.07, 6.45) is 2.86. The van der Waals surface area contributed by atoms with Crippen LogP contribution in [0.25, 0.3) is 0 Å². The number of benzene rings is 1. The summed E-state index contributed by atoms with van der Waals surface area (Å²) in [5.74, 6) is -0.632. The number of nitrogens with zero attached hydrogens (tertiary/aromatic N) is 2. The van der Waals surface area contributed by atoms with E-state index >= 15 is 0 Å². The number of likely N-dealkylation sites (N-methyl/N-ethyl adjacent to an activating group) is 1. The monoisotopic (exact) mass is 374 g/mol. The lowest BCUT2D eigenvalue weighted by molar-refractivity contribution is 0.0950. The Morgan fingerprint density at radius 1 is 1.08 bits per heavy atom. The fourth-order valence-electron chi connectivity index (χ4n) is 2.44. The van der Waals surface area contributed by atoms with Gasteiger partial charge in [-0.2, -0.15) is 0 Å². The van der Waals surface area contributed by atoms with Gasteiger partial charge in [-0.3, -0.25) is 14.6 Å². The lowest BCUT2D eigenvalue weighted by Crippen LogP contribution is -2.31. The van der Waals surface area contributed by atoms with Gasteiger partial charge in [-0.1, -0.05) is 17.7 Å². The van der Waals surface area contributed by atoms with Crippen molar-refractivity contribution < 1.29 is 9.59 Å². The van der Waals surface area contributed by atoms with Crippen LogP contribution in [0.5, 0.6) is 0 Å². The van der Waals surface area contributed by atoms with Crippen LogP contribution in [0, 0.1) is 13.8 Å². The number of amides is 2. The van der Waals surface area contributed by atoms with Crippen molar-refractivity contribution in [1.82, 2.24) is 15.2 Å². The highest BCUT2D eigenvalue weighted by atomic mass is 35.5. The van der Waals surface area contributed by atoms with Gasteiger partial charge in [0.2, 0.25) is 0 Å². The van der Waals surface area contributed by atoms with Gasteiger partial charge in [-0.05, 0) is 51.2 Å². The van der Waals surface area contributed by atoms with Gasteiger partial charge in [0.25, 0.3) is 11.8 Å². The zero-order valence-corrected chi connectivity index (χ0v) is 16.1. The van der Waals surface area contributed by atoms with E-state index in [0.717, 1.165) is 17.7 Å². The normalized spacial score (nSPS) is 10.7. The molecule has 138 valence electrons. The molecule has 0 aliphatic carbocycles. The molecule has 0 unspecified atom stereocenters. The first-order valence-corrected chi connectivity index (χ1v) is 8.62. The molecule has 2 N–H and O–H groups in total. The summed E-state index contributed by atoms with van der Waals surface area (Å²) < 4.78 is 0. The second-order valence-corrected chi connectivity index (χ2v) is 6.82. The Morgan fingerprint density at radius 3 is 2.35 bits per heavy atom. The lowest BCUT2D eigenvalue weighted by Gasteiger charge is -2.12. The van der Waals surface area contributed by atoms with Gasteiger partial charge in [0, 0.05) is 25.5 Å². The van der Waals surface area contributed by atoms with Crippen LogP contribution in [-0.2, 0) is 0 Å². The summed E-state index contributed by atoms with van der Waals surface area (Å²) >= 11 is 6.23. The molecule has 7 heteroatoms. The van der Waals surface area contributed by atoms with E-state index < -0.39 is 0 Å². The standard InChI is InChI=1S/C19H23ClN4O2/c1-12-7-13(2)17(16(20)8-12)23-19(26)15-9-14(10-21-11-15)18(25)22-5-6-24(3)4/h7-11H,5-6H2,1-4H3,(H,22,25)(H,23,26). The lowest BCUT2D eigenvalue weighted by atomic mass is 10.1. The van der Waals surface area contributed by atoms with Gasteiger partial charge >= 0.3 is 0 Å². The quantitative estimate of drug-likeness (QED) is 0.815. The summed E-state index contributed by atoms with van der Waals surface area (Å²) in [4.78, 5) is 30.7. The third-order valence-corrected chi connectivity index (χ3v) is 4.08. The molecule has 2 amide bonds. The van der Waals surface area contributed by atoms with Crippen LogP contribution < -0.4 is 10.6 Å². The highest BCUT2D eigenvalue weighted by Crippen LogP contribution is 2.27. The number of anilines is 1. The fourth-order valence-corrected chi connectivity index (χ4v) is 2.81. The van der Waals surface area contributed by atoms with Gasteiger partial charge in [-0.25, -0.2) is 0 Å². The van der Waals surface area contributed by atoms with Crippen molar-refractivity contribution in [3.05, 3.63) is 57.9 Å². The molecule has 0 radical (unpaired) electrons. The van der Waals surface area contributed by atoms with E-state index in [-0.39, 0.29) is 11.8 Å². The van der Waals surface area contributed by atoms with E-state index in [0.29, 0.717) is 28.4 Å². The van der Waals surface area contributed by atoms with Gasteiger partial charge < -0.3 is 15.5 Å². The van der Waals surface area contributed by atoms with Crippen LogP contribution in [0.1, 0.15) is 31.8 Å². The Kier molecular flexibility index (Phi) is 6.71. The van der Waals surface area contributed by atoms with Crippen LogP contribution in [0.2, 0.25) is 5.02 Å². The fraction of sp³-hybridized carbons (Fsp3) is 0.316. The van der Waals surface area contributed by atoms with Crippen molar-refractivity contribution in [3.8, 4) is 0 Å². The summed E-state index contributed by atoms with van der Waals surface area (Å²) in [6, 6.07) is 5.25. The molecule has 1 aromatic heterocycles. The molecule has 0 aliphatic rings. The number of pyridine rings is 1. The Balaban J connectivity index is 2.12. The van der Waals surface area contributed by atoms with E-state index in [1.165, 1.54) is 18.5 Å². The molecule has 0 saturated heterocycles. The topological polar surface area (TPSA) is 74.3 Å². The van der Waals surface area contributed by atoms with Gasteiger partial charge in [0.05, 0.1) is 21.8 Å². The Labute approximate surface area is 158 Å². The van der Waals surface area contributed by atoms with E-state index in [9.17, 15) is 9.59 Å². The van der Waals surface area contributed by atoms with E-state index in [2.05, 4.69) is 15.6 Å². The number of hydrogen-bond donors (Lipinski definition) is 2. The molecular weight excluding hydrogens is 352 g/mol. The van der Waals surface area contributed by atoms with Crippen LogP contribution in [0.3, 0.4) is 0 Å². The smallest absolute Gasteiger partial charge is 0.257 e. The van der Waals surface area contributed by atoms with Gasteiger partial charge in [0.15, 0.2) is 0 Å². The number of nitrogens with one attached hydrogen (secondary N) is 2. The number of rotatable bonds is 6. The van der Waals surface area contributed by atoms with E-state index in [1.807, 2.05) is 38.9 Å². The average Bonchev–Trinajstić information content (AvgIpc) is 2.57. The maximum Gasteiger partial charge on any atom is 0.257 e. The van der Waals surface area contributed by atoms with Gasteiger partial charge in [-0.15, -0.1) is 0 Å². The third kappa shape index (κ3) is 5.28. The van der Waals surface area contributed by atoms with Crippen LogP contribution in [-0.4, -0.2) is 48.9 Å². The first-order valence-electron chi connectivity index (χ1n) is 8.24. The molecule has 1 heterocycles. The molecule has 2 rings (SSSR count). The van der Waals surface area contributed by atoms with Crippen molar-refractivity contribution >= 4 is 29.1 Å². The summed E-state index contributed by atoms with van der Waals surface area (Å²) in [5, 5.41) is 6.07. The maximum absolute atomic E-state index is 12.5. The molecule has 0 saturated carbocycles. The molecule has 6 nitrogen and oxygen atoms in total. The number of halogens is 1. The van der Waals surface area contributed by atoms with Crippen molar-refractivity contribution in [2.75, 3.05) is 32.5 Å².